The van der Waals surface area contributed by atoms with Crippen LogP contribution in [-0.4, -0.2) is 27.5 Å². The number of carbonyl (C=O) groups excluding carboxylic acids is 2. The standard InChI is InChI=1S/C20H19N5O4/c21-10-13-11-24(15-6-7-15)20(29)25(19(13)28)12-17(26)22-14-3-1-4-16(9-14)23-8-2-5-18(23)27/h1,3-4,9,11,15H,2,5-8,12H2,(H,22,26). The van der Waals surface area contributed by atoms with Crippen LogP contribution in [0.1, 0.15) is 37.3 Å². The first-order valence-corrected chi connectivity index (χ1v) is 9.44. The molecular weight excluding hydrogens is 374 g/mol. The van der Waals surface area contributed by atoms with Crippen molar-refractivity contribution in [3.05, 3.63) is 56.9 Å². The molecule has 2 aliphatic rings. The van der Waals surface area contributed by atoms with Crippen LogP contribution in [0.5, 0.6) is 0 Å². The highest BCUT2D eigenvalue weighted by Crippen LogP contribution is 2.33. The fraction of sp³-hybridized carbons (Fsp3) is 0.350. The zero-order valence-electron chi connectivity index (χ0n) is 15.6. The highest BCUT2D eigenvalue weighted by atomic mass is 16.2. The molecule has 0 bridgehead atoms. The summed E-state index contributed by atoms with van der Waals surface area (Å²) in [5.74, 6) is -0.527. The normalized spacial score (nSPS) is 16.0. The first-order chi connectivity index (χ1) is 14.0. The van der Waals surface area contributed by atoms with Gasteiger partial charge in [-0.2, -0.15) is 5.26 Å². The number of benzene rings is 1. The minimum absolute atomic E-state index is 0.0285. The van der Waals surface area contributed by atoms with Crippen molar-refractivity contribution in [3.8, 4) is 6.07 Å². The highest BCUT2D eigenvalue weighted by molar-refractivity contribution is 5.97. The van der Waals surface area contributed by atoms with Crippen LogP contribution in [0.3, 0.4) is 0 Å². The number of rotatable bonds is 5. The van der Waals surface area contributed by atoms with E-state index in [1.165, 1.54) is 10.8 Å². The van der Waals surface area contributed by atoms with E-state index in [1.54, 1.807) is 35.2 Å². The lowest BCUT2D eigenvalue weighted by Crippen LogP contribution is -2.43. The molecule has 1 saturated heterocycles. The van der Waals surface area contributed by atoms with E-state index in [4.69, 9.17) is 0 Å². The monoisotopic (exact) mass is 393 g/mol. The molecule has 148 valence electrons. The van der Waals surface area contributed by atoms with Crippen molar-refractivity contribution >= 4 is 23.2 Å². The second-order valence-corrected chi connectivity index (χ2v) is 7.21. The third-order valence-electron chi connectivity index (χ3n) is 5.07. The summed E-state index contributed by atoms with van der Waals surface area (Å²) < 4.78 is 2.15. The minimum atomic E-state index is -0.777. The second kappa shape index (κ2) is 7.39. The Morgan fingerprint density at radius 2 is 2.03 bits per heavy atom. The maximum absolute atomic E-state index is 12.6. The van der Waals surface area contributed by atoms with Crippen LogP contribution in [0.2, 0.25) is 0 Å². The van der Waals surface area contributed by atoms with Gasteiger partial charge in [0.15, 0.2) is 0 Å². The summed E-state index contributed by atoms with van der Waals surface area (Å²) in [6.45, 7) is 0.139. The SMILES string of the molecule is N#Cc1cn(C2CC2)c(=O)n(CC(=O)Nc2cccc(N3CCCC3=O)c2)c1=O. The summed E-state index contributed by atoms with van der Waals surface area (Å²) in [6.07, 6.45) is 4.17. The fourth-order valence-corrected chi connectivity index (χ4v) is 3.47. The lowest BCUT2D eigenvalue weighted by Gasteiger charge is -2.17. The van der Waals surface area contributed by atoms with Gasteiger partial charge < -0.3 is 10.2 Å². The third-order valence-corrected chi connectivity index (χ3v) is 5.07. The first kappa shape index (κ1) is 18.7. The molecule has 2 aromatic rings. The molecule has 0 unspecified atom stereocenters. The van der Waals surface area contributed by atoms with Crippen LogP contribution >= 0.6 is 0 Å². The summed E-state index contributed by atoms with van der Waals surface area (Å²) in [5, 5.41) is 11.8. The lowest BCUT2D eigenvalue weighted by molar-refractivity contribution is -0.117. The average molecular weight is 393 g/mol. The minimum Gasteiger partial charge on any atom is -0.324 e. The molecule has 4 rings (SSSR count). The number of nitrogens with zero attached hydrogens (tertiary/aromatic N) is 4. The number of nitrogens with one attached hydrogen (secondary N) is 1. The van der Waals surface area contributed by atoms with E-state index >= 15 is 0 Å². The Bertz CT molecular complexity index is 1150. The van der Waals surface area contributed by atoms with Crippen molar-refractivity contribution in [2.45, 2.75) is 38.3 Å². The third kappa shape index (κ3) is 3.69. The van der Waals surface area contributed by atoms with Crippen molar-refractivity contribution in [3.63, 3.8) is 0 Å². The van der Waals surface area contributed by atoms with Gasteiger partial charge in [-0.3, -0.25) is 19.0 Å². The number of carbonyl (C=O) groups is 2. The van der Waals surface area contributed by atoms with Gasteiger partial charge in [0.2, 0.25) is 11.8 Å². The summed E-state index contributed by atoms with van der Waals surface area (Å²) in [4.78, 5) is 51.0. The van der Waals surface area contributed by atoms with E-state index in [1.807, 2.05) is 0 Å². The number of anilines is 2. The van der Waals surface area contributed by atoms with E-state index in [-0.39, 0.29) is 17.5 Å². The largest absolute Gasteiger partial charge is 0.331 e. The topological polar surface area (TPSA) is 117 Å². The first-order valence-electron chi connectivity index (χ1n) is 9.44. The number of hydrogen-bond acceptors (Lipinski definition) is 5. The summed E-state index contributed by atoms with van der Waals surface area (Å²) in [6, 6.07) is 8.61. The number of nitriles is 1. The van der Waals surface area contributed by atoms with Gasteiger partial charge in [-0.05, 0) is 37.5 Å². The summed E-state index contributed by atoms with van der Waals surface area (Å²) in [5.41, 5.74) is -0.396. The van der Waals surface area contributed by atoms with E-state index in [2.05, 4.69) is 5.32 Å². The van der Waals surface area contributed by atoms with E-state index in [0.717, 1.165) is 23.8 Å². The molecular formula is C20H19N5O4. The molecule has 1 N–H and O–H groups in total. The molecule has 0 spiro atoms. The molecule has 1 aliphatic heterocycles. The predicted octanol–water partition coefficient (Wildman–Crippen LogP) is 0.982. The van der Waals surface area contributed by atoms with Gasteiger partial charge in [0.25, 0.3) is 5.56 Å². The molecule has 2 heterocycles. The van der Waals surface area contributed by atoms with Gasteiger partial charge in [-0.1, -0.05) is 6.07 Å². The van der Waals surface area contributed by atoms with Crippen LogP contribution in [0, 0.1) is 11.3 Å². The Kier molecular flexibility index (Phi) is 4.76. The molecule has 2 fully saturated rings. The fourth-order valence-electron chi connectivity index (χ4n) is 3.47. The molecule has 2 amide bonds. The van der Waals surface area contributed by atoms with Crippen LogP contribution in [0.25, 0.3) is 0 Å². The summed E-state index contributed by atoms with van der Waals surface area (Å²) >= 11 is 0. The highest BCUT2D eigenvalue weighted by Gasteiger charge is 2.27. The maximum Gasteiger partial charge on any atom is 0.331 e. The number of aromatic nitrogens is 2. The van der Waals surface area contributed by atoms with Gasteiger partial charge in [0, 0.05) is 36.6 Å². The van der Waals surface area contributed by atoms with Crippen molar-refractivity contribution in [2.75, 3.05) is 16.8 Å². The van der Waals surface area contributed by atoms with Gasteiger partial charge in [-0.15, -0.1) is 0 Å². The predicted molar refractivity (Wildman–Crippen MR) is 105 cm³/mol. The smallest absolute Gasteiger partial charge is 0.324 e. The van der Waals surface area contributed by atoms with Gasteiger partial charge >= 0.3 is 5.69 Å². The van der Waals surface area contributed by atoms with Crippen molar-refractivity contribution < 1.29 is 9.59 Å². The molecule has 1 saturated carbocycles. The van der Waals surface area contributed by atoms with Crippen LogP contribution in [-0.2, 0) is 16.1 Å². The molecule has 9 heteroatoms. The van der Waals surface area contributed by atoms with Crippen molar-refractivity contribution in [2.24, 2.45) is 0 Å². The van der Waals surface area contributed by atoms with Gasteiger partial charge in [0.1, 0.15) is 18.2 Å². The van der Waals surface area contributed by atoms with Crippen molar-refractivity contribution in [1.82, 2.24) is 9.13 Å². The second-order valence-electron chi connectivity index (χ2n) is 7.21. The molecule has 29 heavy (non-hydrogen) atoms. The Morgan fingerprint density at radius 3 is 2.69 bits per heavy atom. The zero-order valence-corrected chi connectivity index (χ0v) is 15.6. The molecule has 0 atom stereocenters. The molecule has 0 radical (unpaired) electrons. The van der Waals surface area contributed by atoms with Crippen LogP contribution in [0.4, 0.5) is 11.4 Å². The van der Waals surface area contributed by atoms with Crippen LogP contribution < -0.4 is 21.5 Å². The van der Waals surface area contributed by atoms with Crippen LogP contribution in [0.15, 0.2) is 40.1 Å². The number of amides is 2. The van der Waals surface area contributed by atoms with E-state index in [9.17, 15) is 24.4 Å². The number of hydrogen-bond donors (Lipinski definition) is 1. The van der Waals surface area contributed by atoms with Crippen molar-refractivity contribution in [1.29, 1.82) is 5.26 Å². The molecule has 1 aromatic heterocycles. The zero-order chi connectivity index (χ0) is 20.5. The average Bonchev–Trinajstić information content (AvgIpc) is 3.45. The van der Waals surface area contributed by atoms with Gasteiger partial charge in [-0.25, -0.2) is 9.36 Å². The molecule has 9 nitrogen and oxygen atoms in total. The Labute approximate surface area is 165 Å². The Morgan fingerprint density at radius 1 is 1.24 bits per heavy atom. The van der Waals surface area contributed by atoms with E-state index in [0.29, 0.717) is 24.3 Å². The van der Waals surface area contributed by atoms with Gasteiger partial charge in [0.05, 0.1) is 0 Å². The Hall–Kier alpha value is -3.67. The maximum atomic E-state index is 12.6. The lowest BCUT2D eigenvalue weighted by atomic mass is 10.2. The van der Waals surface area contributed by atoms with E-state index < -0.39 is 23.7 Å². The molecule has 1 aromatic carbocycles. The molecule has 1 aliphatic carbocycles. The summed E-state index contributed by atoms with van der Waals surface area (Å²) in [7, 11) is 0. The Balaban J connectivity index is 1.56. The quantitative estimate of drug-likeness (QED) is 0.813.